The summed E-state index contributed by atoms with van der Waals surface area (Å²) in [6.45, 7) is 0. The lowest BCUT2D eigenvalue weighted by Gasteiger charge is -2.00. The molecule has 0 spiro atoms. The highest BCUT2D eigenvalue weighted by atomic mass is 127. The number of hydrogen-bond acceptors (Lipinski definition) is 2. The van der Waals surface area contributed by atoms with Crippen molar-refractivity contribution in [3.63, 3.8) is 0 Å². The number of halogens is 2. The Balaban J connectivity index is 2.82. The van der Waals surface area contributed by atoms with Crippen LogP contribution in [0.25, 0.3) is 10.1 Å². The minimum atomic E-state index is 0.859. The van der Waals surface area contributed by atoms with E-state index < -0.39 is 0 Å². The summed E-state index contributed by atoms with van der Waals surface area (Å²) in [7, 11) is 0. The molecule has 0 bridgehead atoms. The smallest absolute Gasteiger partial charge is 0.0666 e. The van der Waals surface area contributed by atoms with E-state index in [1.807, 2.05) is 6.07 Å². The van der Waals surface area contributed by atoms with Crippen molar-refractivity contribution in [1.82, 2.24) is 0 Å². The van der Waals surface area contributed by atoms with Crippen LogP contribution >= 0.6 is 57.3 Å². The Morgan fingerprint density at radius 3 is 2.92 bits per heavy atom. The zero-order valence-electron chi connectivity index (χ0n) is 6.80. The molecule has 68 valence electrons. The van der Waals surface area contributed by atoms with E-state index in [2.05, 4.69) is 41.0 Å². The van der Waals surface area contributed by atoms with Gasteiger partial charge >= 0.3 is 0 Å². The minimum absolute atomic E-state index is 0.859. The van der Waals surface area contributed by atoms with Crippen LogP contribution in [-0.2, 0) is 0 Å². The summed E-state index contributed by atoms with van der Waals surface area (Å²) in [6, 6.07) is 6.24. The lowest BCUT2D eigenvalue weighted by atomic mass is 10.3. The third kappa shape index (κ3) is 1.84. The topological polar surface area (TPSA) is 0 Å². The van der Waals surface area contributed by atoms with Gasteiger partial charge in [-0.3, -0.25) is 0 Å². The standard InChI is InChI=1S/C9H6ClIS2/c1-12-9-6(10)3-2-5-4-7(11)13-8(5)9/h2-4H,1H3. The van der Waals surface area contributed by atoms with Crippen molar-refractivity contribution in [3.8, 4) is 0 Å². The number of thioether (sulfide) groups is 1. The van der Waals surface area contributed by atoms with Crippen LogP contribution in [0.3, 0.4) is 0 Å². The predicted octanol–water partition coefficient (Wildman–Crippen LogP) is 4.88. The molecule has 0 aliphatic rings. The summed E-state index contributed by atoms with van der Waals surface area (Å²) in [5, 5.41) is 2.15. The second kappa shape index (κ2) is 3.96. The first kappa shape index (κ1) is 10.1. The van der Waals surface area contributed by atoms with Crippen molar-refractivity contribution in [2.75, 3.05) is 6.26 Å². The van der Waals surface area contributed by atoms with Gasteiger partial charge in [0.15, 0.2) is 0 Å². The third-order valence-electron chi connectivity index (χ3n) is 1.77. The molecule has 0 amide bonds. The molecule has 0 nitrogen and oxygen atoms in total. The number of hydrogen-bond donors (Lipinski definition) is 0. The maximum Gasteiger partial charge on any atom is 0.0666 e. The normalized spacial score (nSPS) is 11.0. The molecule has 2 rings (SSSR count). The van der Waals surface area contributed by atoms with Gasteiger partial charge in [0.25, 0.3) is 0 Å². The molecule has 0 N–H and O–H groups in total. The zero-order valence-corrected chi connectivity index (χ0v) is 11.4. The van der Waals surface area contributed by atoms with Crippen LogP contribution in [0.2, 0.25) is 5.02 Å². The van der Waals surface area contributed by atoms with E-state index in [0.29, 0.717) is 0 Å². The van der Waals surface area contributed by atoms with Crippen LogP contribution in [0.15, 0.2) is 23.1 Å². The maximum atomic E-state index is 6.10. The second-order valence-corrected chi connectivity index (χ2v) is 6.72. The van der Waals surface area contributed by atoms with Crippen molar-refractivity contribution in [2.45, 2.75) is 4.90 Å². The van der Waals surface area contributed by atoms with Gasteiger partial charge in [0.1, 0.15) is 0 Å². The van der Waals surface area contributed by atoms with E-state index in [1.54, 1.807) is 23.1 Å². The predicted molar refractivity (Wildman–Crippen MR) is 71.3 cm³/mol. The molecule has 2 aromatic rings. The van der Waals surface area contributed by atoms with Gasteiger partial charge in [-0.15, -0.1) is 23.1 Å². The van der Waals surface area contributed by atoms with Crippen LogP contribution in [0, 0.1) is 2.88 Å². The van der Waals surface area contributed by atoms with Crippen molar-refractivity contribution in [1.29, 1.82) is 0 Å². The number of fused-ring (bicyclic) bond motifs is 1. The molecule has 0 aliphatic heterocycles. The van der Waals surface area contributed by atoms with Gasteiger partial charge in [-0.2, -0.15) is 0 Å². The first-order valence-electron chi connectivity index (χ1n) is 3.64. The highest BCUT2D eigenvalue weighted by Crippen LogP contribution is 2.38. The fourth-order valence-electron chi connectivity index (χ4n) is 1.21. The lowest BCUT2D eigenvalue weighted by Crippen LogP contribution is -1.72. The van der Waals surface area contributed by atoms with Crippen LogP contribution in [-0.4, -0.2) is 6.26 Å². The molecule has 0 unspecified atom stereocenters. The molecule has 13 heavy (non-hydrogen) atoms. The van der Waals surface area contributed by atoms with Gasteiger partial charge in [-0.1, -0.05) is 17.7 Å². The second-order valence-electron chi connectivity index (χ2n) is 2.55. The molecule has 1 aromatic carbocycles. The quantitative estimate of drug-likeness (QED) is 0.526. The summed E-state index contributed by atoms with van der Waals surface area (Å²) >= 11 is 12.0. The van der Waals surface area contributed by atoms with Crippen molar-refractivity contribution < 1.29 is 0 Å². The Kier molecular flexibility index (Phi) is 3.07. The van der Waals surface area contributed by atoms with Crippen LogP contribution < -0.4 is 0 Å². The molecular weight excluding hydrogens is 335 g/mol. The summed E-state index contributed by atoms with van der Waals surface area (Å²) in [5.74, 6) is 0. The van der Waals surface area contributed by atoms with E-state index in [4.69, 9.17) is 11.6 Å². The van der Waals surface area contributed by atoms with E-state index in [-0.39, 0.29) is 0 Å². The van der Waals surface area contributed by atoms with Crippen molar-refractivity contribution in [2.24, 2.45) is 0 Å². The summed E-state index contributed by atoms with van der Waals surface area (Å²) in [5.41, 5.74) is 0. The van der Waals surface area contributed by atoms with Gasteiger partial charge < -0.3 is 0 Å². The maximum absolute atomic E-state index is 6.10. The molecule has 1 heterocycles. The Morgan fingerprint density at radius 1 is 1.46 bits per heavy atom. The molecular formula is C9H6ClIS2. The molecule has 1 aromatic heterocycles. The molecule has 0 aliphatic carbocycles. The fraction of sp³-hybridized carbons (Fsp3) is 0.111. The summed E-state index contributed by atoms with van der Waals surface area (Å²) in [4.78, 5) is 1.20. The number of benzene rings is 1. The average Bonchev–Trinajstić information content (AvgIpc) is 2.45. The van der Waals surface area contributed by atoms with Crippen LogP contribution in [0.4, 0.5) is 0 Å². The Bertz CT molecular complexity index is 450. The average molecular weight is 341 g/mol. The largest absolute Gasteiger partial charge is 0.128 e. The van der Waals surface area contributed by atoms with E-state index >= 15 is 0 Å². The third-order valence-corrected chi connectivity index (χ3v) is 5.08. The van der Waals surface area contributed by atoms with Crippen LogP contribution in [0.5, 0.6) is 0 Å². The lowest BCUT2D eigenvalue weighted by molar-refractivity contribution is 1.59. The molecule has 0 saturated carbocycles. The molecule has 4 heteroatoms. The van der Waals surface area contributed by atoms with E-state index in [0.717, 1.165) is 5.02 Å². The van der Waals surface area contributed by atoms with Gasteiger partial charge in [0.05, 0.1) is 12.6 Å². The fourth-order valence-corrected chi connectivity index (χ4v) is 4.42. The Hall–Kier alpha value is 0.550. The molecule has 0 saturated heterocycles. The van der Waals surface area contributed by atoms with Gasteiger partial charge in [0, 0.05) is 4.90 Å². The first-order chi connectivity index (χ1) is 6.22. The van der Waals surface area contributed by atoms with Crippen molar-refractivity contribution in [3.05, 3.63) is 26.1 Å². The Morgan fingerprint density at radius 2 is 2.23 bits per heavy atom. The van der Waals surface area contributed by atoms with Gasteiger partial charge in [0.2, 0.25) is 0 Å². The molecule has 0 fully saturated rings. The Labute approximate surface area is 104 Å². The van der Waals surface area contributed by atoms with E-state index in [1.165, 1.54) is 17.9 Å². The highest BCUT2D eigenvalue weighted by molar-refractivity contribution is 14.1. The first-order valence-corrected chi connectivity index (χ1v) is 7.13. The van der Waals surface area contributed by atoms with Crippen molar-refractivity contribution >= 4 is 67.4 Å². The van der Waals surface area contributed by atoms with Gasteiger partial charge in [-0.25, -0.2) is 0 Å². The summed E-state index contributed by atoms with van der Waals surface area (Å²) < 4.78 is 2.62. The number of thiophene rings is 1. The monoisotopic (exact) mass is 340 g/mol. The minimum Gasteiger partial charge on any atom is -0.128 e. The van der Waals surface area contributed by atoms with Gasteiger partial charge in [-0.05, 0) is 46.4 Å². The zero-order chi connectivity index (χ0) is 9.42. The number of rotatable bonds is 1. The SMILES string of the molecule is CSc1c(Cl)ccc2cc(I)sc12. The summed E-state index contributed by atoms with van der Waals surface area (Å²) in [6.07, 6.45) is 2.06. The molecule has 0 radical (unpaired) electrons. The molecule has 0 atom stereocenters. The van der Waals surface area contributed by atoms with Crippen LogP contribution in [0.1, 0.15) is 0 Å². The highest BCUT2D eigenvalue weighted by Gasteiger charge is 2.07. The van der Waals surface area contributed by atoms with E-state index in [9.17, 15) is 0 Å².